The Morgan fingerprint density at radius 1 is 1.24 bits per heavy atom. The molecule has 4 aliphatic rings. The Balaban J connectivity index is 1.66. The van der Waals surface area contributed by atoms with E-state index in [2.05, 4.69) is 6.92 Å². The normalized spacial score (nSPS) is 45.7. The third kappa shape index (κ3) is 2.44. The second-order valence-electron chi connectivity index (χ2n) is 8.87. The number of ether oxygens (including phenoxy) is 1. The highest BCUT2D eigenvalue weighted by atomic mass is 16.5. The maximum atomic E-state index is 12.6. The predicted octanol–water partition coefficient (Wildman–Crippen LogP) is 3.34. The Labute approximate surface area is 149 Å². The van der Waals surface area contributed by atoms with E-state index >= 15 is 0 Å². The molecule has 0 radical (unpaired) electrons. The fourth-order valence-corrected chi connectivity index (χ4v) is 6.35. The molecule has 4 heteroatoms. The van der Waals surface area contributed by atoms with Crippen LogP contribution < -0.4 is 0 Å². The van der Waals surface area contributed by atoms with Crippen LogP contribution in [-0.2, 0) is 14.3 Å². The van der Waals surface area contributed by atoms with Crippen LogP contribution >= 0.6 is 0 Å². The lowest BCUT2D eigenvalue weighted by Gasteiger charge is -2.51. The highest BCUT2D eigenvalue weighted by Crippen LogP contribution is 2.61. The molecule has 0 bridgehead atoms. The fourth-order valence-electron chi connectivity index (χ4n) is 6.35. The topological polar surface area (TPSA) is 63.6 Å². The third-order valence-corrected chi connectivity index (χ3v) is 7.52. The second-order valence-corrected chi connectivity index (χ2v) is 8.87. The standard InChI is InChI=1S/C21H28O4/c1-12(22)25-18-7-6-15-13-4-5-16-19(14(13)8-10-20(15,18)2)17(23)9-11-21(16,3)24/h9,11,13-15,18,24H,4-8,10H2,1-3H3. The quantitative estimate of drug-likeness (QED) is 0.741. The molecule has 4 nitrogen and oxygen atoms in total. The molecule has 0 heterocycles. The van der Waals surface area contributed by atoms with E-state index in [0.29, 0.717) is 11.8 Å². The lowest BCUT2D eigenvalue weighted by Crippen LogP contribution is -2.48. The SMILES string of the molecule is CC(=O)OC1CCC2C3CCC4=C(C(=O)C=CC4(C)O)C3CCC12C. The third-order valence-electron chi connectivity index (χ3n) is 7.52. The number of rotatable bonds is 1. The van der Waals surface area contributed by atoms with Crippen molar-refractivity contribution in [3.63, 3.8) is 0 Å². The fraction of sp³-hybridized carbons (Fsp3) is 0.714. The summed E-state index contributed by atoms with van der Waals surface area (Å²) < 4.78 is 5.66. The monoisotopic (exact) mass is 344 g/mol. The van der Waals surface area contributed by atoms with E-state index in [1.165, 1.54) is 6.92 Å². The molecule has 0 aromatic rings. The summed E-state index contributed by atoms with van der Waals surface area (Å²) >= 11 is 0. The van der Waals surface area contributed by atoms with Gasteiger partial charge in [-0.2, -0.15) is 0 Å². The van der Waals surface area contributed by atoms with Gasteiger partial charge in [-0.05, 0) is 80.9 Å². The molecular formula is C21H28O4. The van der Waals surface area contributed by atoms with Gasteiger partial charge in [0.25, 0.3) is 0 Å². The summed E-state index contributed by atoms with van der Waals surface area (Å²) in [7, 11) is 0. The first kappa shape index (κ1) is 17.0. The summed E-state index contributed by atoms with van der Waals surface area (Å²) in [6, 6.07) is 0. The van der Waals surface area contributed by atoms with E-state index in [4.69, 9.17) is 4.74 Å². The Hall–Kier alpha value is -1.42. The Morgan fingerprint density at radius 3 is 2.72 bits per heavy atom. The number of hydrogen-bond donors (Lipinski definition) is 1. The van der Waals surface area contributed by atoms with Gasteiger partial charge in [-0.1, -0.05) is 6.92 Å². The van der Waals surface area contributed by atoms with Crippen molar-refractivity contribution in [1.29, 1.82) is 0 Å². The molecule has 0 saturated heterocycles. The number of fused-ring (bicyclic) bond motifs is 4. The zero-order valence-corrected chi connectivity index (χ0v) is 15.4. The van der Waals surface area contributed by atoms with Crippen LogP contribution in [0.5, 0.6) is 0 Å². The number of aliphatic hydroxyl groups is 1. The van der Waals surface area contributed by atoms with E-state index in [1.54, 1.807) is 19.1 Å². The van der Waals surface area contributed by atoms with Gasteiger partial charge in [-0.25, -0.2) is 0 Å². The van der Waals surface area contributed by atoms with Crippen LogP contribution in [0, 0.1) is 23.2 Å². The molecule has 0 aliphatic heterocycles. The summed E-state index contributed by atoms with van der Waals surface area (Å²) in [6.07, 6.45) is 8.96. The molecule has 0 amide bonds. The summed E-state index contributed by atoms with van der Waals surface area (Å²) in [5, 5.41) is 10.7. The molecule has 4 aliphatic carbocycles. The Kier molecular flexibility index (Phi) is 3.77. The largest absolute Gasteiger partial charge is 0.462 e. The van der Waals surface area contributed by atoms with Gasteiger partial charge in [0, 0.05) is 17.9 Å². The molecule has 6 atom stereocenters. The van der Waals surface area contributed by atoms with Crippen molar-refractivity contribution in [2.24, 2.45) is 23.2 Å². The highest BCUT2D eigenvalue weighted by molar-refractivity contribution is 6.06. The van der Waals surface area contributed by atoms with Gasteiger partial charge < -0.3 is 9.84 Å². The summed E-state index contributed by atoms with van der Waals surface area (Å²) in [6.45, 7) is 5.57. The highest BCUT2D eigenvalue weighted by Gasteiger charge is 2.57. The average molecular weight is 344 g/mol. The van der Waals surface area contributed by atoms with Crippen molar-refractivity contribution in [2.75, 3.05) is 0 Å². The van der Waals surface area contributed by atoms with Crippen LogP contribution in [0.25, 0.3) is 0 Å². The number of esters is 1. The minimum absolute atomic E-state index is 0.0105. The van der Waals surface area contributed by atoms with Crippen LogP contribution in [0.1, 0.15) is 59.3 Å². The molecule has 0 spiro atoms. The second kappa shape index (κ2) is 5.54. The van der Waals surface area contributed by atoms with Crippen molar-refractivity contribution >= 4 is 11.8 Å². The first-order valence-electron chi connectivity index (χ1n) is 9.61. The average Bonchev–Trinajstić information content (AvgIpc) is 2.87. The van der Waals surface area contributed by atoms with E-state index in [0.717, 1.165) is 49.7 Å². The minimum atomic E-state index is -0.981. The summed E-state index contributed by atoms with van der Waals surface area (Å²) in [5.74, 6) is 1.11. The van der Waals surface area contributed by atoms with E-state index in [1.807, 2.05) is 0 Å². The van der Waals surface area contributed by atoms with E-state index in [9.17, 15) is 14.7 Å². The summed E-state index contributed by atoms with van der Waals surface area (Å²) in [5.41, 5.74) is 0.882. The van der Waals surface area contributed by atoms with Crippen LogP contribution in [0.4, 0.5) is 0 Å². The van der Waals surface area contributed by atoms with Gasteiger partial charge in [0.15, 0.2) is 5.78 Å². The lowest BCUT2D eigenvalue weighted by atomic mass is 9.53. The maximum Gasteiger partial charge on any atom is 0.302 e. The van der Waals surface area contributed by atoms with Gasteiger partial charge in [-0.3, -0.25) is 9.59 Å². The molecule has 0 aromatic carbocycles. The van der Waals surface area contributed by atoms with Gasteiger partial charge >= 0.3 is 5.97 Å². The molecule has 2 saturated carbocycles. The molecule has 136 valence electrons. The van der Waals surface area contributed by atoms with E-state index < -0.39 is 5.60 Å². The number of carbonyl (C=O) groups is 2. The zero-order valence-electron chi connectivity index (χ0n) is 15.4. The van der Waals surface area contributed by atoms with Gasteiger partial charge in [0.2, 0.25) is 0 Å². The van der Waals surface area contributed by atoms with Gasteiger partial charge in [0.05, 0.1) is 0 Å². The van der Waals surface area contributed by atoms with Gasteiger partial charge in [0.1, 0.15) is 11.7 Å². The molecule has 6 unspecified atom stereocenters. The maximum absolute atomic E-state index is 12.6. The molecule has 25 heavy (non-hydrogen) atoms. The van der Waals surface area contributed by atoms with Crippen molar-refractivity contribution in [3.8, 4) is 0 Å². The lowest BCUT2D eigenvalue weighted by molar-refractivity contribution is -0.155. The molecule has 0 aromatic heterocycles. The van der Waals surface area contributed by atoms with Crippen molar-refractivity contribution in [3.05, 3.63) is 23.3 Å². The molecule has 1 N–H and O–H groups in total. The van der Waals surface area contributed by atoms with Gasteiger partial charge in [-0.15, -0.1) is 0 Å². The summed E-state index contributed by atoms with van der Waals surface area (Å²) in [4.78, 5) is 24.1. The first-order valence-corrected chi connectivity index (χ1v) is 9.61. The van der Waals surface area contributed by atoms with E-state index in [-0.39, 0.29) is 29.2 Å². The smallest absolute Gasteiger partial charge is 0.302 e. The first-order chi connectivity index (χ1) is 11.7. The minimum Gasteiger partial charge on any atom is -0.462 e. The van der Waals surface area contributed by atoms with Crippen molar-refractivity contribution < 1.29 is 19.4 Å². The molecular weight excluding hydrogens is 316 g/mol. The van der Waals surface area contributed by atoms with Crippen LogP contribution in [0.3, 0.4) is 0 Å². The Bertz CT molecular complexity index is 686. The van der Waals surface area contributed by atoms with Crippen molar-refractivity contribution in [2.45, 2.75) is 71.0 Å². The number of carbonyl (C=O) groups excluding carboxylic acids is 2. The molecule has 2 fully saturated rings. The van der Waals surface area contributed by atoms with Crippen LogP contribution in [0.15, 0.2) is 23.3 Å². The number of hydrogen-bond acceptors (Lipinski definition) is 4. The number of allylic oxidation sites excluding steroid dienone is 2. The van der Waals surface area contributed by atoms with Crippen LogP contribution in [0.2, 0.25) is 0 Å². The van der Waals surface area contributed by atoms with Crippen molar-refractivity contribution in [1.82, 2.24) is 0 Å². The molecule has 4 rings (SSSR count). The van der Waals surface area contributed by atoms with Crippen LogP contribution in [-0.4, -0.2) is 28.6 Å². The zero-order chi connectivity index (χ0) is 18.0. The number of ketones is 1. The predicted molar refractivity (Wildman–Crippen MR) is 93.6 cm³/mol. The Morgan fingerprint density at radius 2 is 2.00 bits per heavy atom.